The predicted octanol–water partition coefficient (Wildman–Crippen LogP) is 0.140. The Morgan fingerprint density at radius 2 is 2.08 bits per heavy atom. The summed E-state index contributed by atoms with van der Waals surface area (Å²) in [6, 6.07) is -1.83. The van der Waals surface area contributed by atoms with Crippen molar-refractivity contribution in [3.8, 4) is 0 Å². The molecule has 0 aromatic rings. The number of nitrogens with zero attached hydrogens (tertiary/aromatic N) is 1. The molecule has 1 saturated heterocycles. The molecule has 1 rings (SSSR count). The second-order valence-corrected chi connectivity index (χ2v) is 2.76. The molecule has 0 radical (unpaired) electrons. The van der Waals surface area contributed by atoms with Crippen LogP contribution < -0.4 is 0 Å². The summed E-state index contributed by atoms with van der Waals surface area (Å²) in [6.07, 6.45) is -6.50. The summed E-state index contributed by atoms with van der Waals surface area (Å²) >= 11 is 0. The zero-order valence-electron chi connectivity index (χ0n) is 6.30. The van der Waals surface area contributed by atoms with E-state index in [4.69, 9.17) is 5.11 Å². The third-order valence-corrected chi connectivity index (χ3v) is 1.92. The predicted molar refractivity (Wildman–Crippen MR) is 33.2 cm³/mol. The van der Waals surface area contributed by atoms with Crippen molar-refractivity contribution < 1.29 is 23.1 Å². The molecule has 6 heteroatoms. The fourth-order valence-electron chi connectivity index (χ4n) is 1.21. The van der Waals surface area contributed by atoms with Crippen LogP contribution in [-0.2, 0) is 4.79 Å². The number of likely N-dealkylation sites (N-methyl/N-ethyl adjacent to an activating group) is 1. The van der Waals surface area contributed by atoms with E-state index in [-0.39, 0.29) is 0 Å². The lowest BCUT2D eigenvalue weighted by Crippen LogP contribution is -2.40. The summed E-state index contributed by atoms with van der Waals surface area (Å²) in [5.41, 5.74) is 0. The highest BCUT2D eigenvalue weighted by molar-refractivity contribution is 5.83. The van der Waals surface area contributed by atoms with Crippen molar-refractivity contribution in [2.75, 3.05) is 7.05 Å². The molecule has 1 N–H and O–H groups in total. The first-order chi connectivity index (χ1) is 5.34. The van der Waals surface area contributed by atoms with Gasteiger partial charge in [0.2, 0.25) is 0 Å². The SMILES string of the molecule is CN1C(=O)C(O)C[C@H]1C(F)(F)F. The Morgan fingerprint density at radius 1 is 1.58 bits per heavy atom. The molecule has 3 nitrogen and oxygen atoms in total. The fourth-order valence-corrected chi connectivity index (χ4v) is 1.21. The Bertz CT molecular complexity index is 203. The normalized spacial score (nSPS) is 31.4. The first kappa shape index (κ1) is 9.31. The highest BCUT2D eigenvalue weighted by Gasteiger charge is 2.51. The first-order valence-electron chi connectivity index (χ1n) is 3.35. The number of alkyl halides is 3. The lowest BCUT2D eigenvalue weighted by Gasteiger charge is -2.21. The monoisotopic (exact) mass is 183 g/mol. The van der Waals surface area contributed by atoms with Gasteiger partial charge in [0.1, 0.15) is 12.1 Å². The average molecular weight is 183 g/mol. The molecule has 0 aromatic heterocycles. The number of aliphatic hydroxyl groups excluding tert-OH is 1. The minimum Gasteiger partial charge on any atom is -0.383 e. The average Bonchev–Trinajstić information content (AvgIpc) is 2.15. The van der Waals surface area contributed by atoms with Crippen LogP contribution in [0.1, 0.15) is 6.42 Å². The van der Waals surface area contributed by atoms with Gasteiger partial charge in [0.25, 0.3) is 5.91 Å². The first-order valence-corrected chi connectivity index (χ1v) is 3.35. The Hall–Kier alpha value is -0.780. The number of carbonyl (C=O) groups is 1. The van der Waals surface area contributed by atoms with Crippen LogP contribution in [0.15, 0.2) is 0 Å². The van der Waals surface area contributed by atoms with E-state index in [1.807, 2.05) is 0 Å². The van der Waals surface area contributed by atoms with Gasteiger partial charge in [0.15, 0.2) is 0 Å². The minimum absolute atomic E-state index is 0.532. The maximum absolute atomic E-state index is 12.1. The lowest BCUT2D eigenvalue weighted by molar-refractivity contribution is -0.177. The van der Waals surface area contributed by atoms with Crippen LogP contribution >= 0.6 is 0 Å². The van der Waals surface area contributed by atoms with Crippen molar-refractivity contribution in [1.29, 1.82) is 0 Å². The summed E-state index contributed by atoms with van der Waals surface area (Å²) in [7, 11) is 1.04. The van der Waals surface area contributed by atoms with Crippen molar-refractivity contribution >= 4 is 5.91 Å². The maximum Gasteiger partial charge on any atom is 0.408 e. The number of halogens is 3. The van der Waals surface area contributed by atoms with Gasteiger partial charge in [-0.05, 0) is 0 Å². The second kappa shape index (κ2) is 2.62. The van der Waals surface area contributed by atoms with Crippen molar-refractivity contribution in [2.45, 2.75) is 24.7 Å². The molecule has 1 unspecified atom stereocenters. The van der Waals surface area contributed by atoms with Crippen molar-refractivity contribution in [3.05, 3.63) is 0 Å². The van der Waals surface area contributed by atoms with Gasteiger partial charge in [0.05, 0.1) is 0 Å². The van der Waals surface area contributed by atoms with Crippen LogP contribution in [0.5, 0.6) is 0 Å². The molecule has 0 aliphatic carbocycles. The van der Waals surface area contributed by atoms with Gasteiger partial charge in [-0.3, -0.25) is 4.79 Å². The van der Waals surface area contributed by atoms with Crippen molar-refractivity contribution in [3.63, 3.8) is 0 Å². The molecule has 2 atom stereocenters. The molecule has 0 aromatic carbocycles. The molecule has 0 bridgehead atoms. The number of likely N-dealkylation sites (tertiary alicyclic amines) is 1. The van der Waals surface area contributed by atoms with Gasteiger partial charge in [-0.15, -0.1) is 0 Å². The van der Waals surface area contributed by atoms with E-state index < -0.39 is 30.7 Å². The van der Waals surface area contributed by atoms with Crippen LogP contribution in [0.3, 0.4) is 0 Å². The van der Waals surface area contributed by atoms with Crippen LogP contribution in [0.2, 0.25) is 0 Å². The van der Waals surface area contributed by atoms with E-state index >= 15 is 0 Å². The van der Waals surface area contributed by atoms with E-state index in [1.165, 1.54) is 0 Å². The summed E-state index contributed by atoms with van der Waals surface area (Å²) in [5, 5.41) is 8.81. The molecule has 1 amide bonds. The van der Waals surface area contributed by atoms with E-state index in [9.17, 15) is 18.0 Å². The van der Waals surface area contributed by atoms with Crippen molar-refractivity contribution in [1.82, 2.24) is 4.90 Å². The third-order valence-electron chi connectivity index (χ3n) is 1.92. The third kappa shape index (κ3) is 1.38. The van der Waals surface area contributed by atoms with Gasteiger partial charge < -0.3 is 10.0 Å². The number of hydrogen-bond acceptors (Lipinski definition) is 2. The largest absolute Gasteiger partial charge is 0.408 e. The van der Waals surface area contributed by atoms with Gasteiger partial charge in [-0.25, -0.2) is 0 Å². The van der Waals surface area contributed by atoms with Gasteiger partial charge >= 0.3 is 6.18 Å². The molecular formula is C6H8F3NO2. The quantitative estimate of drug-likeness (QED) is 0.580. The van der Waals surface area contributed by atoms with E-state index in [0.29, 0.717) is 4.90 Å². The number of amides is 1. The van der Waals surface area contributed by atoms with Gasteiger partial charge in [-0.1, -0.05) is 0 Å². The Labute approximate surface area is 66.8 Å². The van der Waals surface area contributed by atoms with Crippen molar-refractivity contribution in [2.24, 2.45) is 0 Å². The summed E-state index contributed by atoms with van der Waals surface area (Å²) in [4.78, 5) is 11.3. The molecule has 0 saturated carbocycles. The molecule has 12 heavy (non-hydrogen) atoms. The van der Waals surface area contributed by atoms with Crippen LogP contribution in [0, 0.1) is 0 Å². The molecular weight excluding hydrogens is 175 g/mol. The number of hydrogen-bond donors (Lipinski definition) is 1. The van der Waals surface area contributed by atoms with Crippen LogP contribution in [-0.4, -0.2) is 41.3 Å². The summed E-state index contributed by atoms with van der Waals surface area (Å²) < 4.78 is 36.2. The Morgan fingerprint density at radius 3 is 2.25 bits per heavy atom. The minimum atomic E-state index is -4.44. The van der Waals surface area contributed by atoms with E-state index in [1.54, 1.807) is 0 Å². The zero-order valence-corrected chi connectivity index (χ0v) is 6.30. The standard InChI is InChI=1S/C6H8F3NO2/c1-10-4(6(7,8)9)2-3(11)5(10)12/h3-4,11H,2H2,1H3/t3?,4-/m0/s1. The number of rotatable bonds is 0. The molecule has 1 aliphatic rings. The molecule has 0 spiro atoms. The molecule has 70 valence electrons. The van der Waals surface area contributed by atoms with Crippen LogP contribution in [0.4, 0.5) is 13.2 Å². The highest BCUT2D eigenvalue weighted by atomic mass is 19.4. The fraction of sp³-hybridized carbons (Fsp3) is 0.833. The topological polar surface area (TPSA) is 40.5 Å². The number of carbonyl (C=O) groups excluding carboxylic acids is 1. The molecule has 1 aliphatic heterocycles. The Kier molecular flexibility index (Phi) is 2.03. The molecule has 1 fully saturated rings. The zero-order chi connectivity index (χ0) is 9.52. The lowest BCUT2D eigenvalue weighted by atomic mass is 10.2. The highest BCUT2D eigenvalue weighted by Crippen LogP contribution is 2.32. The van der Waals surface area contributed by atoms with Gasteiger partial charge in [-0.2, -0.15) is 13.2 Å². The smallest absolute Gasteiger partial charge is 0.383 e. The van der Waals surface area contributed by atoms with E-state index in [0.717, 1.165) is 7.05 Å². The van der Waals surface area contributed by atoms with Gasteiger partial charge in [0, 0.05) is 13.5 Å². The maximum atomic E-state index is 12.1. The number of aliphatic hydroxyl groups is 1. The second-order valence-electron chi connectivity index (χ2n) is 2.76. The summed E-state index contributed by atoms with van der Waals surface area (Å²) in [6.45, 7) is 0. The Balaban J connectivity index is 2.78. The summed E-state index contributed by atoms with van der Waals surface area (Å²) in [5.74, 6) is -0.864. The molecule has 1 heterocycles. The van der Waals surface area contributed by atoms with Crippen LogP contribution in [0.25, 0.3) is 0 Å². The van der Waals surface area contributed by atoms with E-state index in [2.05, 4.69) is 0 Å².